The van der Waals surface area contributed by atoms with E-state index >= 15 is 0 Å². The number of tetrazole rings is 1. The first-order valence-electron chi connectivity index (χ1n) is 9.86. The standard InChI is InChI=1S/C20H28N6O2/c1-20(2,3)28-19(27)26-15-10-11-16(26)13-25(12-15)17(14-8-6-5-7-9-14)18-21-23-24(4)22-18/h5-9,15-17H,10-13H2,1-4H3/t15-,16+,17?. The summed E-state index contributed by atoms with van der Waals surface area (Å²) in [5, 5.41) is 12.8. The van der Waals surface area contributed by atoms with Gasteiger partial charge in [-0.25, -0.2) is 4.79 Å². The number of benzene rings is 1. The smallest absolute Gasteiger partial charge is 0.410 e. The third kappa shape index (κ3) is 3.73. The second-order valence-electron chi connectivity index (χ2n) is 8.68. The highest BCUT2D eigenvalue weighted by Gasteiger charge is 2.46. The highest BCUT2D eigenvalue weighted by atomic mass is 16.6. The van der Waals surface area contributed by atoms with Gasteiger partial charge in [0.05, 0.1) is 13.1 Å². The summed E-state index contributed by atoms with van der Waals surface area (Å²) in [5.74, 6) is 0.693. The zero-order chi connectivity index (χ0) is 19.9. The van der Waals surface area contributed by atoms with Crippen molar-refractivity contribution >= 4 is 6.09 Å². The Morgan fingerprint density at radius 3 is 2.32 bits per heavy atom. The maximum absolute atomic E-state index is 12.7. The largest absolute Gasteiger partial charge is 0.444 e. The van der Waals surface area contributed by atoms with Crippen LogP contribution in [-0.4, -0.2) is 66.9 Å². The van der Waals surface area contributed by atoms with Crippen molar-refractivity contribution in [3.05, 3.63) is 41.7 Å². The molecule has 0 aliphatic carbocycles. The molecule has 1 aromatic carbocycles. The molecule has 150 valence electrons. The fourth-order valence-corrected chi connectivity index (χ4v) is 4.33. The number of hydrogen-bond acceptors (Lipinski definition) is 6. The van der Waals surface area contributed by atoms with Gasteiger partial charge in [-0.1, -0.05) is 30.3 Å². The van der Waals surface area contributed by atoms with Gasteiger partial charge in [0.15, 0.2) is 5.82 Å². The summed E-state index contributed by atoms with van der Waals surface area (Å²) in [7, 11) is 1.78. The number of carbonyl (C=O) groups is 1. The molecule has 4 rings (SSSR count). The molecule has 0 spiro atoms. The van der Waals surface area contributed by atoms with E-state index in [1.54, 1.807) is 7.05 Å². The predicted octanol–water partition coefficient (Wildman–Crippen LogP) is 2.38. The van der Waals surface area contributed by atoms with Crippen molar-refractivity contribution in [3.8, 4) is 0 Å². The minimum atomic E-state index is -0.482. The summed E-state index contributed by atoms with van der Waals surface area (Å²) in [4.78, 5) is 18.6. The lowest BCUT2D eigenvalue weighted by atomic mass is 10.0. The molecule has 1 unspecified atom stereocenters. The Bertz CT molecular complexity index is 817. The maximum Gasteiger partial charge on any atom is 0.410 e. The highest BCUT2D eigenvalue weighted by molar-refractivity contribution is 5.69. The third-order valence-corrected chi connectivity index (χ3v) is 5.36. The molecule has 0 N–H and O–H groups in total. The van der Waals surface area contributed by atoms with E-state index in [4.69, 9.17) is 4.74 Å². The first kappa shape index (κ1) is 18.9. The van der Waals surface area contributed by atoms with E-state index in [-0.39, 0.29) is 24.2 Å². The summed E-state index contributed by atoms with van der Waals surface area (Å²) in [6.45, 7) is 7.28. The molecule has 2 bridgehead atoms. The summed E-state index contributed by atoms with van der Waals surface area (Å²) >= 11 is 0. The number of likely N-dealkylation sites (tertiary alicyclic amines) is 1. The molecule has 2 aromatic rings. The van der Waals surface area contributed by atoms with Gasteiger partial charge in [-0.15, -0.1) is 10.2 Å². The molecule has 2 aliphatic heterocycles. The third-order valence-electron chi connectivity index (χ3n) is 5.36. The Kier molecular flexibility index (Phi) is 4.82. The van der Waals surface area contributed by atoms with Crippen molar-refractivity contribution in [1.82, 2.24) is 30.0 Å². The molecule has 2 aliphatic rings. The van der Waals surface area contributed by atoms with Crippen molar-refractivity contribution in [2.45, 2.75) is 57.3 Å². The Morgan fingerprint density at radius 1 is 1.14 bits per heavy atom. The second-order valence-corrected chi connectivity index (χ2v) is 8.68. The number of ether oxygens (including phenoxy) is 1. The van der Waals surface area contributed by atoms with E-state index in [9.17, 15) is 4.79 Å². The molecule has 8 heteroatoms. The molecule has 28 heavy (non-hydrogen) atoms. The van der Waals surface area contributed by atoms with Gasteiger partial charge in [0, 0.05) is 25.2 Å². The van der Waals surface area contributed by atoms with Crippen LogP contribution in [-0.2, 0) is 11.8 Å². The summed E-state index contributed by atoms with van der Waals surface area (Å²) in [6, 6.07) is 10.5. The monoisotopic (exact) mass is 384 g/mol. The maximum atomic E-state index is 12.7. The molecule has 1 aromatic heterocycles. The number of fused-ring (bicyclic) bond motifs is 2. The molecule has 1 amide bonds. The molecule has 0 radical (unpaired) electrons. The molecule has 8 nitrogen and oxygen atoms in total. The van der Waals surface area contributed by atoms with E-state index < -0.39 is 5.60 Å². The van der Waals surface area contributed by atoms with Crippen molar-refractivity contribution in [3.63, 3.8) is 0 Å². The predicted molar refractivity (Wildman–Crippen MR) is 104 cm³/mol. The lowest BCUT2D eigenvalue weighted by Gasteiger charge is -2.43. The number of piperazine rings is 1. The van der Waals surface area contributed by atoms with Gasteiger partial charge in [-0.2, -0.15) is 4.80 Å². The number of rotatable bonds is 3. The average molecular weight is 384 g/mol. The zero-order valence-electron chi connectivity index (χ0n) is 16.9. The minimum absolute atomic E-state index is 0.0706. The van der Waals surface area contributed by atoms with Crippen LogP contribution in [0.3, 0.4) is 0 Å². The SMILES string of the molecule is Cn1nnc(C(c2ccccc2)N2C[C@H]3CC[C@@H](C2)N3C(=O)OC(C)(C)C)n1. The fourth-order valence-electron chi connectivity index (χ4n) is 4.33. The van der Waals surface area contributed by atoms with E-state index in [0.717, 1.165) is 31.5 Å². The molecule has 3 heterocycles. The van der Waals surface area contributed by atoms with E-state index in [0.29, 0.717) is 5.82 Å². The Hall–Kier alpha value is -2.48. The van der Waals surface area contributed by atoms with Gasteiger partial charge in [0.25, 0.3) is 0 Å². The van der Waals surface area contributed by atoms with Crippen LogP contribution in [0.4, 0.5) is 4.79 Å². The first-order valence-corrected chi connectivity index (χ1v) is 9.86. The van der Waals surface area contributed by atoms with Gasteiger partial charge >= 0.3 is 6.09 Å². The number of hydrogen-bond donors (Lipinski definition) is 0. The van der Waals surface area contributed by atoms with Gasteiger partial charge in [0.1, 0.15) is 5.60 Å². The number of amides is 1. The average Bonchev–Trinajstić information content (AvgIpc) is 3.16. The number of carbonyl (C=O) groups excluding carboxylic acids is 1. The molecule has 2 fully saturated rings. The van der Waals surface area contributed by atoms with Gasteiger partial charge in [-0.3, -0.25) is 9.80 Å². The van der Waals surface area contributed by atoms with Crippen LogP contribution in [0.2, 0.25) is 0 Å². The molecular weight excluding hydrogens is 356 g/mol. The fraction of sp³-hybridized carbons (Fsp3) is 0.600. The van der Waals surface area contributed by atoms with E-state index in [2.05, 4.69) is 32.4 Å². The Labute approximate surface area is 165 Å². The van der Waals surface area contributed by atoms with Crippen LogP contribution in [0, 0.1) is 0 Å². The summed E-state index contributed by atoms with van der Waals surface area (Å²) in [5.41, 5.74) is 0.657. The van der Waals surface area contributed by atoms with Crippen LogP contribution in [0.25, 0.3) is 0 Å². The van der Waals surface area contributed by atoms with Gasteiger partial charge < -0.3 is 4.74 Å². The Balaban J connectivity index is 1.58. The van der Waals surface area contributed by atoms with Gasteiger partial charge in [-0.05, 0) is 44.4 Å². The molecular formula is C20H28N6O2. The minimum Gasteiger partial charge on any atom is -0.444 e. The van der Waals surface area contributed by atoms with Crippen LogP contribution in [0.15, 0.2) is 30.3 Å². The molecule has 2 saturated heterocycles. The topological polar surface area (TPSA) is 76.4 Å². The van der Waals surface area contributed by atoms with Crippen molar-refractivity contribution < 1.29 is 9.53 Å². The quantitative estimate of drug-likeness (QED) is 0.809. The number of nitrogens with zero attached hydrogens (tertiary/aromatic N) is 6. The normalized spacial score (nSPS) is 23.6. The summed E-state index contributed by atoms with van der Waals surface area (Å²) < 4.78 is 5.66. The lowest BCUT2D eigenvalue weighted by Crippen LogP contribution is -2.57. The zero-order valence-corrected chi connectivity index (χ0v) is 16.9. The van der Waals surface area contributed by atoms with Crippen LogP contribution < -0.4 is 0 Å². The van der Waals surface area contributed by atoms with Crippen molar-refractivity contribution in [2.75, 3.05) is 13.1 Å². The second kappa shape index (κ2) is 7.16. The van der Waals surface area contributed by atoms with Crippen molar-refractivity contribution in [2.24, 2.45) is 7.05 Å². The van der Waals surface area contributed by atoms with Crippen LogP contribution in [0.1, 0.15) is 51.0 Å². The van der Waals surface area contributed by atoms with E-state index in [1.807, 2.05) is 43.9 Å². The van der Waals surface area contributed by atoms with Crippen LogP contribution in [0.5, 0.6) is 0 Å². The summed E-state index contributed by atoms with van der Waals surface area (Å²) in [6.07, 6.45) is 1.79. The van der Waals surface area contributed by atoms with E-state index in [1.165, 1.54) is 4.80 Å². The lowest BCUT2D eigenvalue weighted by molar-refractivity contribution is -0.00901. The number of aryl methyl sites for hydroxylation is 1. The van der Waals surface area contributed by atoms with Gasteiger partial charge in [0.2, 0.25) is 0 Å². The number of aromatic nitrogens is 4. The first-order chi connectivity index (χ1) is 13.3. The Morgan fingerprint density at radius 2 is 1.79 bits per heavy atom. The van der Waals surface area contributed by atoms with Crippen molar-refractivity contribution in [1.29, 1.82) is 0 Å². The molecule has 0 saturated carbocycles. The molecule has 3 atom stereocenters. The van der Waals surface area contributed by atoms with Crippen LogP contribution >= 0.6 is 0 Å². The highest BCUT2D eigenvalue weighted by Crippen LogP contribution is 2.37.